The SMILES string of the molecule is CC(C)NC(=O)[C@@H](C)N(Cc1ccc(F)cc1)C(=O)CN(c1cccc(Cl)c1)S(C)(=O)=O. The second-order valence-corrected chi connectivity index (χ2v) is 10.1. The number of hydrogen-bond acceptors (Lipinski definition) is 4. The highest BCUT2D eigenvalue weighted by Crippen LogP contribution is 2.22. The first kappa shape index (κ1) is 25.6. The average molecular weight is 484 g/mol. The van der Waals surface area contributed by atoms with E-state index in [2.05, 4.69) is 5.32 Å². The van der Waals surface area contributed by atoms with Crippen LogP contribution in [0.2, 0.25) is 5.02 Å². The van der Waals surface area contributed by atoms with Crippen LogP contribution in [0.1, 0.15) is 26.3 Å². The quantitative estimate of drug-likeness (QED) is 0.593. The first-order valence-electron chi connectivity index (χ1n) is 9.96. The third-order valence-electron chi connectivity index (χ3n) is 4.64. The molecule has 2 amide bonds. The molecule has 0 aliphatic heterocycles. The van der Waals surface area contributed by atoms with Crippen molar-refractivity contribution < 1.29 is 22.4 Å². The molecule has 2 aromatic rings. The predicted octanol–water partition coefficient (Wildman–Crippen LogP) is 3.19. The largest absolute Gasteiger partial charge is 0.352 e. The molecule has 32 heavy (non-hydrogen) atoms. The number of nitrogens with zero attached hydrogens (tertiary/aromatic N) is 2. The molecule has 0 saturated heterocycles. The minimum Gasteiger partial charge on any atom is -0.352 e. The third kappa shape index (κ3) is 7.20. The van der Waals surface area contributed by atoms with Crippen molar-refractivity contribution >= 4 is 39.1 Å². The van der Waals surface area contributed by atoms with E-state index in [-0.39, 0.29) is 24.2 Å². The van der Waals surface area contributed by atoms with Crippen molar-refractivity contribution in [2.45, 2.75) is 39.4 Å². The minimum absolute atomic E-state index is 0.00105. The van der Waals surface area contributed by atoms with Crippen LogP contribution in [-0.2, 0) is 26.2 Å². The van der Waals surface area contributed by atoms with Gasteiger partial charge in [-0.2, -0.15) is 0 Å². The Hall–Kier alpha value is -2.65. The van der Waals surface area contributed by atoms with E-state index in [1.807, 2.05) is 0 Å². The van der Waals surface area contributed by atoms with Gasteiger partial charge in [-0.1, -0.05) is 29.8 Å². The van der Waals surface area contributed by atoms with E-state index in [0.717, 1.165) is 10.6 Å². The topological polar surface area (TPSA) is 86.8 Å². The van der Waals surface area contributed by atoms with Gasteiger partial charge in [0.05, 0.1) is 11.9 Å². The van der Waals surface area contributed by atoms with Gasteiger partial charge in [0.15, 0.2) is 0 Å². The number of carbonyl (C=O) groups is 2. The Morgan fingerprint density at radius 3 is 2.25 bits per heavy atom. The van der Waals surface area contributed by atoms with Gasteiger partial charge in [-0.15, -0.1) is 0 Å². The maximum absolute atomic E-state index is 13.3. The lowest BCUT2D eigenvalue weighted by molar-refractivity contribution is -0.139. The van der Waals surface area contributed by atoms with E-state index >= 15 is 0 Å². The molecule has 0 fully saturated rings. The molecule has 10 heteroatoms. The van der Waals surface area contributed by atoms with Crippen LogP contribution in [0.3, 0.4) is 0 Å². The summed E-state index contributed by atoms with van der Waals surface area (Å²) in [6, 6.07) is 10.6. The van der Waals surface area contributed by atoms with Crippen molar-refractivity contribution in [1.29, 1.82) is 0 Å². The highest BCUT2D eigenvalue weighted by Gasteiger charge is 2.30. The summed E-state index contributed by atoms with van der Waals surface area (Å²) in [6.07, 6.45) is 0.987. The molecule has 0 aliphatic rings. The Morgan fingerprint density at radius 2 is 1.72 bits per heavy atom. The molecule has 0 unspecified atom stereocenters. The molecular weight excluding hydrogens is 457 g/mol. The zero-order valence-corrected chi connectivity index (χ0v) is 20.0. The molecular formula is C22H27ClFN3O4S. The fraction of sp³-hybridized carbons (Fsp3) is 0.364. The monoisotopic (exact) mass is 483 g/mol. The lowest BCUT2D eigenvalue weighted by Crippen LogP contribution is -2.52. The summed E-state index contributed by atoms with van der Waals surface area (Å²) in [6.45, 7) is 4.62. The lowest BCUT2D eigenvalue weighted by atomic mass is 10.1. The van der Waals surface area contributed by atoms with Crippen LogP contribution in [0.25, 0.3) is 0 Å². The number of rotatable bonds is 9. The summed E-state index contributed by atoms with van der Waals surface area (Å²) in [5.41, 5.74) is 0.826. The van der Waals surface area contributed by atoms with Gasteiger partial charge >= 0.3 is 0 Å². The number of amides is 2. The lowest BCUT2D eigenvalue weighted by Gasteiger charge is -2.32. The summed E-state index contributed by atoms with van der Waals surface area (Å²) in [5.74, 6) is -1.41. The van der Waals surface area contributed by atoms with Crippen molar-refractivity contribution in [2.75, 3.05) is 17.1 Å². The normalized spacial score (nSPS) is 12.3. The van der Waals surface area contributed by atoms with Crippen LogP contribution < -0.4 is 9.62 Å². The zero-order valence-electron chi connectivity index (χ0n) is 18.4. The van der Waals surface area contributed by atoms with Crippen molar-refractivity contribution in [3.05, 3.63) is 64.9 Å². The fourth-order valence-electron chi connectivity index (χ4n) is 3.02. The van der Waals surface area contributed by atoms with Crippen LogP contribution >= 0.6 is 11.6 Å². The highest BCUT2D eigenvalue weighted by atomic mass is 35.5. The van der Waals surface area contributed by atoms with Gasteiger partial charge in [0, 0.05) is 17.6 Å². The van der Waals surface area contributed by atoms with Crippen LogP contribution in [0.4, 0.5) is 10.1 Å². The van der Waals surface area contributed by atoms with E-state index in [0.29, 0.717) is 10.6 Å². The molecule has 2 aromatic carbocycles. The van der Waals surface area contributed by atoms with Crippen LogP contribution in [0, 0.1) is 5.82 Å². The first-order valence-corrected chi connectivity index (χ1v) is 12.2. The maximum Gasteiger partial charge on any atom is 0.244 e. The van der Waals surface area contributed by atoms with E-state index < -0.39 is 34.3 Å². The summed E-state index contributed by atoms with van der Waals surface area (Å²) in [7, 11) is -3.83. The molecule has 0 aliphatic carbocycles. The molecule has 0 saturated carbocycles. The Labute approximate surface area is 193 Å². The minimum atomic E-state index is -3.83. The van der Waals surface area contributed by atoms with Gasteiger partial charge in [-0.05, 0) is 56.7 Å². The Bertz CT molecular complexity index is 1060. The van der Waals surface area contributed by atoms with E-state index in [1.54, 1.807) is 32.9 Å². The molecule has 174 valence electrons. The number of anilines is 1. The molecule has 1 atom stereocenters. The van der Waals surface area contributed by atoms with Crippen LogP contribution in [0.15, 0.2) is 48.5 Å². The Balaban J connectivity index is 2.38. The van der Waals surface area contributed by atoms with Crippen LogP contribution in [-0.4, -0.2) is 50.0 Å². The smallest absolute Gasteiger partial charge is 0.244 e. The molecule has 0 heterocycles. The fourth-order valence-corrected chi connectivity index (χ4v) is 4.05. The molecule has 1 N–H and O–H groups in total. The number of sulfonamides is 1. The Kier molecular flexibility index (Phi) is 8.63. The molecule has 0 spiro atoms. The second kappa shape index (κ2) is 10.8. The van der Waals surface area contributed by atoms with E-state index in [1.165, 1.54) is 41.3 Å². The number of benzene rings is 2. The van der Waals surface area contributed by atoms with Gasteiger partial charge in [0.2, 0.25) is 21.8 Å². The molecule has 0 bridgehead atoms. The summed E-state index contributed by atoms with van der Waals surface area (Å²) < 4.78 is 39.1. The van der Waals surface area contributed by atoms with Gasteiger partial charge in [-0.3, -0.25) is 13.9 Å². The van der Waals surface area contributed by atoms with Crippen molar-refractivity contribution in [3.8, 4) is 0 Å². The standard InChI is InChI=1S/C22H27ClFN3O4S/c1-15(2)25-22(29)16(3)26(13-17-8-10-19(24)11-9-17)21(28)14-27(32(4,30)31)20-7-5-6-18(23)12-20/h5-12,15-16H,13-14H2,1-4H3,(H,25,29)/t16-/m1/s1. The number of hydrogen-bond donors (Lipinski definition) is 1. The summed E-state index contributed by atoms with van der Waals surface area (Å²) >= 11 is 6.00. The molecule has 0 aromatic heterocycles. The van der Waals surface area contributed by atoms with E-state index in [4.69, 9.17) is 11.6 Å². The highest BCUT2D eigenvalue weighted by molar-refractivity contribution is 7.92. The zero-order chi connectivity index (χ0) is 24.1. The van der Waals surface area contributed by atoms with Gasteiger partial charge in [0.1, 0.15) is 18.4 Å². The second-order valence-electron chi connectivity index (χ2n) is 7.74. The van der Waals surface area contributed by atoms with E-state index in [9.17, 15) is 22.4 Å². The maximum atomic E-state index is 13.3. The first-order chi connectivity index (χ1) is 14.9. The van der Waals surface area contributed by atoms with Crippen molar-refractivity contribution in [1.82, 2.24) is 10.2 Å². The van der Waals surface area contributed by atoms with Crippen molar-refractivity contribution in [2.24, 2.45) is 0 Å². The number of halogens is 2. The Morgan fingerprint density at radius 1 is 1.09 bits per heavy atom. The predicted molar refractivity (Wildman–Crippen MR) is 123 cm³/mol. The molecule has 2 rings (SSSR count). The van der Waals surface area contributed by atoms with Gasteiger partial charge < -0.3 is 10.2 Å². The van der Waals surface area contributed by atoms with Crippen molar-refractivity contribution in [3.63, 3.8) is 0 Å². The molecule has 7 nitrogen and oxygen atoms in total. The number of nitrogens with one attached hydrogen (secondary N) is 1. The van der Waals surface area contributed by atoms with Gasteiger partial charge in [-0.25, -0.2) is 12.8 Å². The summed E-state index contributed by atoms with van der Waals surface area (Å²) in [4.78, 5) is 27.2. The third-order valence-corrected chi connectivity index (χ3v) is 6.02. The van der Waals surface area contributed by atoms with Gasteiger partial charge in [0.25, 0.3) is 0 Å². The molecule has 0 radical (unpaired) electrons. The number of carbonyl (C=O) groups excluding carboxylic acids is 2. The average Bonchev–Trinajstić information content (AvgIpc) is 2.69. The summed E-state index contributed by atoms with van der Waals surface area (Å²) in [5, 5.41) is 3.07. The van der Waals surface area contributed by atoms with Crippen LogP contribution in [0.5, 0.6) is 0 Å².